The van der Waals surface area contributed by atoms with Gasteiger partial charge in [0, 0.05) is 28.5 Å². The van der Waals surface area contributed by atoms with Crippen LogP contribution in [0.25, 0.3) is 0 Å². The summed E-state index contributed by atoms with van der Waals surface area (Å²) < 4.78 is 5.22. The van der Waals surface area contributed by atoms with E-state index in [-0.39, 0.29) is 12.6 Å². The molecule has 6 heteroatoms. The Morgan fingerprint density at radius 2 is 2.05 bits per heavy atom. The fourth-order valence-corrected chi connectivity index (χ4v) is 2.09. The van der Waals surface area contributed by atoms with Crippen LogP contribution in [0.1, 0.15) is 5.56 Å². The molecule has 0 aliphatic carbocycles. The Balaban J connectivity index is 1.99. The highest BCUT2D eigenvalue weighted by Crippen LogP contribution is 2.25. The maximum absolute atomic E-state index is 11.9. The number of hydrogen-bond acceptors (Lipinski definition) is 3. The summed E-state index contributed by atoms with van der Waals surface area (Å²) >= 11 is 6.10. The lowest BCUT2D eigenvalue weighted by molar-refractivity contribution is 0.251. The number of nitrogens with one attached hydrogen (secondary N) is 2. The second kappa shape index (κ2) is 6.85. The predicted molar refractivity (Wildman–Crippen MR) is 84.7 cm³/mol. The third-order valence-electron chi connectivity index (χ3n) is 2.87. The Labute approximate surface area is 128 Å². The predicted octanol–water partition coefficient (Wildman–Crippen LogP) is 3.25. The van der Waals surface area contributed by atoms with Crippen molar-refractivity contribution in [2.24, 2.45) is 0 Å². The Hall–Kier alpha value is -2.40. The molecule has 2 amide bonds. The van der Waals surface area contributed by atoms with E-state index in [9.17, 15) is 4.79 Å². The summed E-state index contributed by atoms with van der Waals surface area (Å²) in [6.07, 6.45) is 0. The number of benzene rings is 2. The smallest absolute Gasteiger partial charge is 0.319 e. The van der Waals surface area contributed by atoms with Crippen molar-refractivity contribution in [2.45, 2.75) is 6.54 Å². The SMILES string of the molecule is COc1cccc(Cl)c1CNC(=O)Nc1cccc(N)c1. The summed E-state index contributed by atoms with van der Waals surface area (Å²) in [7, 11) is 1.56. The van der Waals surface area contributed by atoms with Gasteiger partial charge in [0.05, 0.1) is 7.11 Å². The first-order chi connectivity index (χ1) is 10.1. The normalized spacial score (nSPS) is 10.0. The zero-order valence-electron chi connectivity index (χ0n) is 11.5. The summed E-state index contributed by atoms with van der Waals surface area (Å²) in [6.45, 7) is 0.261. The molecule has 0 saturated heterocycles. The zero-order chi connectivity index (χ0) is 15.2. The maximum Gasteiger partial charge on any atom is 0.319 e. The van der Waals surface area contributed by atoms with Gasteiger partial charge in [-0.05, 0) is 30.3 Å². The van der Waals surface area contributed by atoms with Crippen molar-refractivity contribution in [1.82, 2.24) is 5.32 Å². The second-order valence-electron chi connectivity index (χ2n) is 4.35. The molecule has 110 valence electrons. The maximum atomic E-state index is 11.9. The third kappa shape index (κ3) is 4.03. The molecular formula is C15H16ClN3O2. The number of rotatable bonds is 4. The molecule has 0 aromatic heterocycles. The van der Waals surface area contributed by atoms with E-state index < -0.39 is 0 Å². The van der Waals surface area contributed by atoms with E-state index in [2.05, 4.69) is 10.6 Å². The van der Waals surface area contributed by atoms with Crippen LogP contribution in [0.4, 0.5) is 16.2 Å². The highest BCUT2D eigenvalue weighted by atomic mass is 35.5. The molecule has 0 saturated carbocycles. The molecule has 0 fully saturated rings. The number of halogens is 1. The van der Waals surface area contributed by atoms with Crippen LogP contribution < -0.4 is 21.1 Å². The summed E-state index contributed by atoms with van der Waals surface area (Å²) in [5.74, 6) is 0.631. The fourth-order valence-electron chi connectivity index (χ4n) is 1.86. The molecule has 4 N–H and O–H groups in total. The largest absolute Gasteiger partial charge is 0.496 e. The van der Waals surface area contributed by atoms with Crippen molar-refractivity contribution in [2.75, 3.05) is 18.2 Å². The lowest BCUT2D eigenvalue weighted by atomic mass is 10.2. The number of nitrogens with two attached hydrogens (primary N) is 1. The quantitative estimate of drug-likeness (QED) is 0.759. The molecule has 5 nitrogen and oxygen atoms in total. The monoisotopic (exact) mass is 305 g/mol. The molecule has 0 radical (unpaired) electrons. The fraction of sp³-hybridized carbons (Fsp3) is 0.133. The molecule has 2 aromatic rings. The van der Waals surface area contributed by atoms with E-state index in [0.717, 1.165) is 5.56 Å². The van der Waals surface area contributed by atoms with Gasteiger partial charge in [0.1, 0.15) is 5.75 Å². The average molecular weight is 306 g/mol. The molecule has 2 rings (SSSR count). The first-order valence-electron chi connectivity index (χ1n) is 6.32. The molecule has 0 spiro atoms. The Morgan fingerprint density at radius 3 is 2.76 bits per heavy atom. The van der Waals surface area contributed by atoms with E-state index in [4.69, 9.17) is 22.1 Å². The van der Waals surface area contributed by atoms with Crippen LogP contribution in [0.5, 0.6) is 5.75 Å². The Bertz CT molecular complexity index is 647. The van der Waals surface area contributed by atoms with Gasteiger partial charge in [-0.3, -0.25) is 0 Å². The van der Waals surface area contributed by atoms with Crippen molar-refractivity contribution >= 4 is 29.0 Å². The van der Waals surface area contributed by atoms with E-state index in [1.54, 1.807) is 49.6 Å². The standard InChI is InChI=1S/C15H16ClN3O2/c1-21-14-7-3-6-13(16)12(14)9-18-15(20)19-11-5-2-4-10(17)8-11/h2-8H,9,17H2,1H3,(H2,18,19,20). The minimum absolute atomic E-state index is 0.261. The van der Waals surface area contributed by atoms with E-state index in [1.165, 1.54) is 0 Å². The van der Waals surface area contributed by atoms with E-state index in [1.807, 2.05) is 0 Å². The van der Waals surface area contributed by atoms with Crippen LogP contribution in [0.3, 0.4) is 0 Å². The Morgan fingerprint density at radius 1 is 1.29 bits per heavy atom. The number of nitrogen functional groups attached to an aromatic ring is 1. The van der Waals surface area contributed by atoms with Gasteiger partial charge in [-0.15, -0.1) is 0 Å². The third-order valence-corrected chi connectivity index (χ3v) is 3.22. The molecule has 2 aromatic carbocycles. The summed E-state index contributed by atoms with van der Waals surface area (Å²) in [6, 6.07) is 11.9. The second-order valence-corrected chi connectivity index (χ2v) is 4.76. The average Bonchev–Trinajstić information content (AvgIpc) is 2.45. The minimum atomic E-state index is -0.345. The lowest BCUT2D eigenvalue weighted by Gasteiger charge is -2.12. The van der Waals surface area contributed by atoms with Crippen molar-refractivity contribution in [3.8, 4) is 5.75 Å². The number of hydrogen-bond donors (Lipinski definition) is 3. The van der Waals surface area contributed by atoms with Gasteiger partial charge >= 0.3 is 6.03 Å². The number of ether oxygens (including phenoxy) is 1. The highest BCUT2D eigenvalue weighted by molar-refractivity contribution is 6.31. The first-order valence-corrected chi connectivity index (χ1v) is 6.69. The molecule has 0 bridgehead atoms. The van der Waals surface area contributed by atoms with Crippen LogP contribution in [-0.2, 0) is 6.54 Å². The van der Waals surface area contributed by atoms with E-state index >= 15 is 0 Å². The van der Waals surface area contributed by atoms with Gasteiger partial charge in [-0.25, -0.2) is 4.79 Å². The number of methoxy groups -OCH3 is 1. The van der Waals surface area contributed by atoms with Crippen LogP contribution in [0.2, 0.25) is 5.02 Å². The number of urea groups is 1. The van der Waals surface area contributed by atoms with Crippen molar-refractivity contribution in [1.29, 1.82) is 0 Å². The highest BCUT2D eigenvalue weighted by Gasteiger charge is 2.09. The number of carbonyl (C=O) groups is 1. The molecule has 21 heavy (non-hydrogen) atoms. The summed E-state index contributed by atoms with van der Waals surface area (Å²) in [4.78, 5) is 11.9. The first kappa shape index (κ1) is 15.0. The summed E-state index contributed by atoms with van der Waals surface area (Å²) in [5, 5.41) is 5.96. The van der Waals surface area contributed by atoms with Gasteiger partial charge in [0.2, 0.25) is 0 Å². The van der Waals surface area contributed by atoms with E-state index in [0.29, 0.717) is 22.1 Å². The molecule has 0 aliphatic rings. The van der Waals surface area contributed by atoms with Gasteiger partial charge in [-0.1, -0.05) is 23.7 Å². The molecule has 0 atom stereocenters. The van der Waals surface area contributed by atoms with Crippen LogP contribution >= 0.6 is 11.6 Å². The zero-order valence-corrected chi connectivity index (χ0v) is 12.3. The number of carbonyl (C=O) groups excluding carboxylic acids is 1. The van der Waals surface area contributed by atoms with Crippen LogP contribution in [0.15, 0.2) is 42.5 Å². The minimum Gasteiger partial charge on any atom is -0.496 e. The van der Waals surface area contributed by atoms with Gasteiger partial charge in [0.15, 0.2) is 0 Å². The van der Waals surface area contributed by atoms with Crippen molar-refractivity contribution < 1.29 is 9.53 Å². The number of anilines is 2. The lowest BCUT2D eigenvalue weighted by Crippen LogP contribution is -2.28. The molecular weight excluding hydrogens is 290 g/mol. The summed E-state index contributed by atoms with van der Waals surface area (Å²) in [5.41, 5.74) is 7.59. The number of amides is 2. The van der Waals surface area contributed by atoms with Crippen LogP contribution in [-0.4, -0.2) is 13.1 Å². The van der Waals surface area contributed by atoms with Crippen LogP contribution in [0, 0.1) is 0 Å². The van der Waals surface area contributed by atoms with Crippen molar-refractivity contribution in [3.63, 3.8) is 0 Å². The van der Waals surface area contributed by atoms with Crippen molar-refractivity contribution in [3.05, 3.63) is 53.1 Å². The van der Waals surface area contributed by atoms with Gasteiger partial charge in [0.25, 0.3) is 0 Å². The topological polar surface area (TPSA) is 76.4 Å². The molecule has 0 unspecified atom stereocenters. The van der Waals surface area contributed by atoms with Gasteiger partial charge in [-0.2, -0.15) is 0 Å². The van der Waals surface area contributed by atoms with Gasteiger partial charge < -0.3 is 21.1 Å². The molecule has 0 heterocycles. The molecule has 0 aliphatic heterocycles. The Kier molecular flexibility index (Phi) is 4.90.